The number of Topliss-reactive ketones (excluding diaryl/α,β-unsaturated/α-hetero) is 1. The number of pyridine rings is 1. The van der Waals surface area contributed by atoms with E-state index in [0.717, 1.165) is 68.6 Å². The van der Waals surface area contributed by atoms with E-state index in [1.54, 1.807) is 24.8 Å². The molecule has 1 saturated carbocycles. The second-order valence-corrected chi connectivity index (χ2v) is 9.35. The lowest BCUT2D eigenvalue weighted by Crippen LogP contribution is -2.43. The van der Waals surface area contributed by atoms with E-state index in [1.165, 1.54) is 6.92 Å². The summed E-state index contributed by atoms with van der Waals surface area (Å²) in [6.45, 7) is 7.06. The summed E-state index contributed by atoms with van der Waals surface area (Å²) in [5.74, 6) is 0.852. The van der Waals surface area contributed by atoms with Crippen LogP contribution in [0.3, 0.4) is 0 Å². The summed E-state index contributed by atoms with van der Waals surface area (Å²) >= 11 is 0. The molecule has 2 fully saturated rings. The summed E-state index contributed by atoms with van der Waals surface area (Å²) in [6, 6.07) is 6.10. The summed E-state index contributed by atoms with van der Waals surface area (Å²) in [6.07, 6.45) is 5.65. The molecule has 35 heavy (non-hydrogen) atoms. The standard InChI is InChI=1S/C26H32N6O3/c1-16-20-15-28-26(29-21-9-8-19(14-22(21)35-3)31-12-10-27-11-13-31)30-24(20)32(18-6-4-5-7-18)25(34)23(16)17(2)33/h8-9,14-15,18,27H,4-7,10-13H2,1-3H3,(H,28,29,30). The molecular formula is C26H32N6O3. The van der Waals surface area contributed by atoms with Crippen LogP contribution >= 0.6 is 0 Å². The van der Waals surface area contributed by atoms with Crippen LogP contribution < -0.4 is 25.8 Å². The number of carbonyl (C=O) groups excluding carboxylic acids is 1. The monoisotopic (exact) mass is 476 g/mol. The smallest absolute Gasteiger partial charge is 0.263 e. The van der Waals surface area contributed by atoms with Crippen LogP contribution in [0.1, 0.15) is 54.6 Å². The zero-order valence-electron chi connectivity index (χ0n) is 20.6. The average Bonchev–Trinajstić information content (AvgIpc) is 3.39. The predicted molar refractivity (Wildman–Crippen MR) is 137 cm³/mol. The number of piperazine rings is 1. The molecule has 0 unspecified atom stereocenters. The molecule has 1 aliphatic carbocycles. The number of nitrogens with zero attached hydrogens (tertiary/aromatic N) is 4. The molecule has 0 amide bonds. The third-order valence-corrected chi connectivity index (χ3v) is 7.16. The molecule has 0 bridgehead atoms. The van der Waals surface area contributed by atoms with E-state index in [-0.39, 0.29) is 22.9 Å². The number of benzene rings is 1. The first-order valence-corrected chi connectivity index (χ1v) is 12.3. The van der Waals surface area contributed by atoms with E-state index in [1.807, 2.05) is 12.1 Å². The molecule has 3 heterocycles. The number of anilines is 3. The van der Waals surface area contributed by atoms with Gasteiger partial charge in [-0.25, -0.2) is 4.98 Å². The normalized spacial score (nSPS) is 16.6. The second-order valence-electron chi connectivity index (χ2n) is 9.35. The van der Waals surface area contributed by atoms with Crippen LogP contribution in [0, 0.1) is 6.92 Å². The van der Waals surface area contributed by atoms with Gasteiger partial charge in [0.1, 0.15) is 11.4 Å². The highest BCUT2D eigenvalue weighted by Gasteiger charge is 2.26. The molecule has 0 radical (unpaired) electrons. The number of aromatic nitrogens is 3. The van der Waals surface area contributed by atoms with E-state index in [9.17, 15) is 9.59 Å². The maximum Gasteiger partial charge on any atom is 0.263 e. The Morgan fingerprint density at radius 2 is 1.94 bits per heavy atom. The van der Waals surface area contributed by atoms with Crippen molar-refractivity contribution < 1.29 is 9.53 Å². The highest BCUT2D eigenvalue weighted by atomic mass is 16.5. The first-order chi connectivity index (χ1) is 17.0. The number of aryl methyl sites for hydroxylation is 1. The maximum absolute atomic E-state index is 13.4. The van der Waals surface area contributed by atoms with E-state index < -0.39 is 0 Å². The van der Waals surface area contributed by atoms with Gasteiger partial charge in [0.05, 0.1) is 18.4 Å². The van der Waals surface area contributed by atoms with Gasteiger partial charge in [-0.1, -0.05) is 12.8 Å². The van der Waals surface area contributed by atoms with Gasteiger partial charge in [-0.15, -0.1) is 0 Å². The van der Waals surface area contributed by atoms with Crippen LogP contribution in [0.5, 0.6) is 5.75 Å². The molecule has 0 atom stereocenters. The lowest BCUT2D eigenvalue weighted by molar-refractivity contribution is 0.101. The summed E-state index contributed by atoms with van der Waals surface area (Å²) < 4.78 is 7.39. The molecule has 2 aliphatic rings. The van der Waals surface area contributed by atoms with Gasteiger partial charge in [0.2, 0.25) is 5.95 Å². The van der Waals surface area contributed by atoms with Crippen molar-refractivity contribution in [2.45, 2.75) is 45.6 Å². The minimum atomic E-state index is -0.253. The van der Waals surface area contributed by atoms with Crippen LogP contribution in [-0.2, 0) is 0 Å². The lowest BCUT2D eigenvalue weighted by Gasteiger charge is -2.30. The molecule has 1 saturated heterocycles. The molecule has 0 spiro atoms. The predicted octanol–water partition coefficient (Wildman–Crippen LogP) is 3.58. The van der Waals surface area contributed by atoms with E-state index >= 15 is 0 Å². The minimum Gasteiger partial charge on any atom is -0.494 e. The van der Waals surface area contributed by atoms with Gasteiger partial charge in [-0.2, -0.15) is 4.98 Å². The van der Waals surface area contributed by atoms with E-state index in [0.29, 0.717) is 22.9 Å². The highest BCUT2D eigenvalue weighted by Crippen LogP contribution is 2.34. The fraction of sp³-hybridized carbons (Fsp3) is 0.462. The van der Waals surface area contributed by atoms with E-state index in [4.69, 9.17) is 9.72 Å². The number of hydrogen-bond acceptors (Lipinski definition) is 8. The number of ketones is 1. The molecule has 2 N–H and O–H groups in total. The van der Waals surface area contributed by atoms with Crippen LogP contribution in [0.4, 0.5) is 17.3 Å². The number of hydrogen-bond donors (Lipinski definition) is 2. The van der Waals surface area contributed by atoms with Crippen molar-refractivity contribution in [1.29, 1.82) is 0 Å². The first-order valence-electron chi connectivity index (χ1n) is 12.3. The largest absolute Gasteiger partial charge is 0.494 e. The second kappa shape index (κ2) is 9.65. The fourth-order valence-corrected chi connectivity index (χ4v) is 5.33. The van der Waals surface area contributed by atoms with Gasteiger partial charge >= 0.3 is 0 Å². The zero-order valence-corrected chi connectivity index (χ0v) is 20.6. The third-order valence-electron chi connectivity index (χ3n) is 7.16. The van der Waals surface area contributed by atoms with Gasteiger partial charge < -0.3 is 20.3 Å². The van der Waals surface area contributed by atoms with Crippen LogP contribution in [0.15, 0.2) is 29.2 Å². The van der Waals surface area contributed by atoms with Crippen molar-refractivity contribution in [1.82, 2.24) is 19.9 Å². The van der Waals surface area contributed by atoms with E-state index in [2.05, 4.69) is 26.6 Å². The van der Waals surface area contributed by atoms with Gasteiger partial charge in [0.25, 0.3) is 5.56 Å². The van der Waals surface area contributed by atoms with Crippen molar-refractivity contribution in [3.63, 3.8) is 0 Å². The van der Waals surface area contributed by atoms with Gasteiger partial charge in [0, 0.05) is 55.6 Å². The lowest BCUT2D eigenvalue weighted by atomic mass is 10.0. The molecule has 9 heteroatoms. The Hall–Kier alpha value is -3.46. The van der Waals surface area contributed by atoms with Gasteiger partial charge in [-0.3, -0.25) is 14.2 Å². The fourth-order valence-electron chi connectivity index (χ4n) is 5.33. The van der Waals surface area contributed by atoms with Crippen molar-refractivity contribution in [2.24, 2.45) is 0 Å². The molecule has 1 aromatic carbocycles. The summed E-state index contributed by atoms with van der Waals surface area (Å²) in [7, 11) is 1.65. The van der Waals surface area contributed by atoms with Gasteiger partial charge in [-0.05, 0) is 44.4 Å². The first kappa shape index (κ1) is 23.3. The Kier molecular flexibility index (Phi) is 6.42. The SMILES string of the molecule is COc1cc(N2CCNCC2)ccc1Nc1ncc2c(C)c(C(C)=O)c(=O)n(C3CCCC3)c2n1. The van der Waals surface area contributed by atoms with Crippen LogP contribution in [-0.4, -0.2) is 53.6 Å². The molecule has 5 rings (SSSR count). The number of nitrogens with one attached hydrogen (secondary N) is 2. The molecule has 2 aromatic heterocycles. The summed E-state index contributed by atoms with van der Waals surface area (Å²) in [5.41, 5.74) is 3.04. The zero-order chi connectivity index (χ0) is 24.5. The number of fused-ring (bicyclic) bond motifs is 1. The van der Waals surface area contributed by atoms with Crippen molar-refractivity contribution in [3.8, 4) is 5.75 Å². The van der Waals surface area contributed by atoms with Crippen molar-refractivity contribution in [3.05, 3.63) is 45.9 Å². The summed E-state index contributed by atoms with van der Waals surface area (Å²) in [5, 5.41) is 7.38. The Balaban J connectivity index is 1.55. The van der Waals surface area contributed by atoms with Crippen LogP contribution in [0.25, 0.3) is 11.0 Å². The summed E-state index contributed by atoms with van der Waals surface area (Å²) in [4.78, 5) is 37.4. The number of ether oxygens (including phenoxy) is 1. The Morgan fingerprint density at radius 3 is 2.63 bits per heavy atom. The Labute approximate surface area is 204 Å². The topological polar surface area (TPSA) is 101 Å². The molecule has 1 aliphatic heterocycles. The highest BCUT2D eigenvalue weighted by molar-refractivity contribution is 5.99. The molecule has 3 aromatic rings. The minimum absolute atomic E-state index is 0.0410. The molecular weight excluding hydrogens is 444 g/mol. The molecule has 9 nitrogen and oxygen atoms in total. The number of carbonyl (C=O) groups is 1. The van der Waals surface area contributed by atoms with Crippen LogP contribution in [0.2, 0.25) is 0 Å². The Morgan fingerprint density at radius 1 is 1.20 bits per heavy atom. The number of rotatable bonds is 6. The quantitative estimate of drug-likeness (QED) is 0.521. The molecule has 184 valence electrons. The van der Waals surface area contributed by atoms with Crippen molar-refractivity contribution in [2.75, 3.05) is 43.5 Å². The third kappa shape index (κ3) is 4.36. The maximum atomic E-state index is 13.4. The Bertz CT molecular complexity index is 1320. The van der Waals surface area contributed by atoms with Gasteiger partial charge in [0.15, 0.2) is 5.78 Å². The number of methoxy groups -OCH3 is 1. The van der Waals surface area contributed by atoms with Crippen molar-refractivity contribution >= 4 is 34.1 Å². The average molecular weight is 477 g/mol.